The van der Waals surface area contributed by atoms with Gasteiger partial charge < -0.3 is 10.2 Å². The Morgan fingerprint density at radius 2 is 1.17 bits per heavy atom. The van der Waals surface area contributed by atoms with Gasteiger partial charge in [0.1, 0.15) is 12.2 Å². The quantitative estimate of drug-likeness (QED) is 0.776. The Kier molecular flexibility index (Phi) is 2.83. The molecule has 2 aromatic carbocycles. The van der Waals surface area contributed by atoms with Crippen molar-refractivity contribution in [2.75, 3.05) is 0 Å². The lowest BCUT2D eigenvalue weighted by molar-refractivity contribution is 0.173. The number of aliphatic hydroxyl groups excluding tert-OH is 2. The summed E-state index contributed by atoms with van der Waals surface area (Å²) in [7, 11) is 0. The van der Waals surface area contributed by atoms with E-state index in [1.54, 1.807) is 36.4 Å². The molecule has 18 heavy (non-hydrogen) atoms. The van der Waals surface area contributed by atoms with Gasteiger partial charge in [0.2, 0.25) is 0 Å². The molecule has 0 saturated heterocycles. The molecule has 0 aliphatic heterocycles. The van der Waals surface area contributed by atoms with Crippen LogP contribution in [0.1, 0.15) is 34.5 Å². The molecule has 0 atom stereocenters. The topological polar surface area (TPSA) is 40.5 Å². The molecule has 0 bridgehead atoms. The molecule has 1 aliphatic rings. The summed E-state index contributed by atoms with van der Waals surface area (Å²) in [5.74, 6) is 0. The normalized spacial score (nSPS) is 21.3. The van der Waals surface area contributed by atoms with Crippen LogP contribution in [0.2, 0.25) is 10.0 Å². The number of aliphatic hydroxyl groups is 2. The molecule has 0 radical (unpaired) electrons. The number of halogens is 2. The standard InChI is InChI=1S/C14H10Cl2O2/c15-9-5-1-3-7-11(9)14(18)12-8(13(7)17)4-2-6-10(12)16/h1-6,13-14,17-18H. The zero-order chi connectivity index (χ0) is 12.9. The van der Waals surface area contributed by atoms with E-state index in [2.05, 4.69) is 0 Å². The maximum absolute atomic E-state index is 10.4. The van der Waals surface area contributed by atoms with E-state index >= 15 is 0 Å². The van der Waals surface area contributed by atoms with E-state index in [1.807, 2.05) is 0 Å². The Bertz CT molecular complexity index is 572. The lowest BCUT2D eigenvalue weighted by Crippen LogP contribution is -2.18. The molecule has 0 saturated carbocycles. The van der Waals surface area contributed by atoms with Crippen LogP contribution in [0.4, 0.5) is 0 Å². The molecule has 0 fully saturated rings. The second-order valence-electron chi connectivity index (χ2n) is 4.29. The van der Waals surface area contributed by atoms with Crippen LogP contribution in [0.3, 0.4) is 0 Å². The van der Waals surface area contributed by atoms with Gasteiger partial charge in [0.05, 0.1) is 0 Å². The minimum absolute atomic E-state index is 0.435. The average Bonchev–Trinajstić information content (AvgIpc) is 2.35. The molecule has 0 heterocycles. The molecular weight excluding hydrogens is 271 g/mol. The zero-order valence-corrected chi connectivity index (χ0v) is 10.8. The highest BCUT2D eigenvalue weighted by Gasteiger charge is 2.32. The first-order chi connectivity index (χ1) is 8.61. The summed E-state index contributed by atoms with van der Waals surface area (Å²) in [5, 5.41) is 21.6. The summed E-state index contributed by atoms with van der Waals surface area (Å²) in [4.78, 5) is 0. The molecule has 2 N–H and O–H groups in total. The van der Waals surface area contributed by atoms with Gasteiger partial charge in [-0.05, 0) is 23.3 Å². The van der Waals surface area contributed by atoms with Gasteiger partial charge in [0, 0.05) is 21.2 Å². The highest BCUT2D eigenvalue weighted by Crippen LogP contribution is 2.45. The van der Waals surface area contributed by atoms with Crippen LogP contribution in [-0.4, -0.2) is 10.2 Å². The number of benzene rings is 2. The molecular formula is C14H10Cl2O2. The van der Waals surface area contributed by atoms with Crippen molar-refractivity contribution in [1.82, 2.24) is 0 Å². The third-order valence-corrected chi connectivity index (χ3v) is 3.97. The lowest BCUT2D eigenvalue weighted by Gasteiger charge is -2.30. The average molecular weight is 281 g/mol. The largest absolute Gasteiger partial charge is 0.384 e. The summed E-state index contributed by atoms with van der Waals surface area (Å²) in [6.07, 6.45) is -1.71. The minimum atomic E-state index is -0.902. The summed E-state index contributed by atoms with van der Waals surface area (Å²) in [5.41, 5.74) is 2.33. The molecule has 0 spiro atoms. The molecule has 4 heteroatoms. The van der Waals surface area contributed by atoms with Crippen molar-refractivity contribution in [3.05, 3.63) is 68.7 Å². The second-order valence-corrected chi connectivity index (χ2v) is 5.10. The lowest BCUT2D eigenvalue weighted by atomic mass is 9.82. The van der Waals surface area contributed by atoms with Crippen molar-refractivity contribution >= 4 is 23.2 Å². The van der Waals surface area contributed by atoms with Crippen LogP contribution in [-0.2, 0) is 0 Å². The van der Waals surface area contributed by atoms with Crippen LogP contribution in [0.25, 0.3) is 0 Å². The van der Waals surface area contributed by atoms with Gasteiger partial charge in [0.25, 0.3) is 0 Å². The minimum Gasteiger partial charge on any atom is -0.384 e. The van der Waals surface area contributed by atoms with Crippen molar-refractivity contribution in [2.24, 2.45) is 0 Å². The van der Waals surface area contributed by atoms with Gasteiger partial charge in [-0.2, -0.15) is 0 Å². The van der Waals surface area contributed by atoms with Crippen molar-refractivity contribution in [3.63, 3.8) is 0 Å². The number of rotatable bonds is 0. The molecule has 0 aromatic heterocycles. The van der Waals surface area contributed by atoms with E-state index < -0.39 is 12.2 Å². The Morgan fingerprint density at radius 3 is 1.61 bits per heavy atom. The van der Waals surface area contributed by atoms with Crippen LogP contribution in [0.5, 0.6) is 0 Å². The summed E-state index contributed by atoms with van der Waals surface area (Å²) >= 11 is 12.2. The maximum atomic E-state index is 10.4. The van der Waals surface area contributed by atoms with E-state index in [0.29, 0.717) is 32.3 Å². The highest BCUT2D eigenvalue weighted by atomic mass is 35.5. The molecule has 2 nitrogen and oxygen atoms in total. The maximum Gasteiger partial charge on any atom is 0.108 e. The van der Waals surface area contributed by atoms with Gasteiger partial charge in [0.15, 0.2) is 0 Å². The van der Waals surface area contributed by atoms with Gasteiger partial charge in [-0.1, -0.05) is 47.5 Å². The van der Waals surface area contributed by atoms with Crippen LogP contribution >= 0.6 is 23.2 Å². The molecule has 0 unspecified atom stereocenters. The third kappa shape index (κ3) is 1.57. The van der Waals surface area contributed by atoms with Gasteiger partial charge in [-0.3, -0.25) is 0 Å². The van der Waals surface area contributed by atoms with E-state index in [1.165, 1.54) is 0 Å². The number of hydrogen-bond donors (Lipinski definition) is 2. The smallest absolute Gasteiger partial charge is 0.108 e. The third-order valence-electron chi connectivity index (χ3n) is 3.31. The molecule has 1 aliphatic carbocycles. The van der Waals surface area contributed by atoms with Gasteiger partial charge in [-0.25, -0.2) is 0 Å². The Morgan fingerprint density at radius 1 is 0.722 bits per heavy atom. The summed E-state index contributed by atoms with van der Waals surface area (Å²) in [6.45, 7) is 0. The number of hydrogen-bond acceptors (Lipinski definition) is 2. The Balaban J connectivity index is 2.32. The fraction of sp³-hybridized carbons (Fsp3) is 0.143. The Labute approximate surface area is 114 Å². The van der Waals surface area contributed by atoms with Gasteiger partial charge in [-0.15, -0.1) is 0 Å². The number of fused-ring (bicyclic) bond motifs is 2. The fourth-order valence-electron chi connectivity index (χ4n) is 2.47. The summed E-state index contributed by atoms with van der Waals surface area (Å²) < 4.78 is 0. The van der Waals surface area contributed by atoms with Crippen molar-refractivity contribution in [3.8, 4) is 0 Å². The molecule has 2 aromatic rings. The van der Waals surface area contributed by atoms with Crippen LogP contribution < -0.4 is 0 Å². The first-order valence-corrected chi connectivity index (χ1v) is 6.29. The van der Waals surface area contributed by atoms with E-state index in [0.717, 1.165) is 0 Å². The van der Waals surface area contributed by atoms with Crippen molar-refractivity contribution < 1.29 is 10.2 Å². The molecule has 92 valence electrons. The first kappa shape index (κ1) is 12.0. The predicted molar refractivity (Wildman–Crippen MR) is 71.0 cm³/mol. The molecule has 3 rings (SSSR count). The van der Waals surface area contributed by atoms with Crippen molar-refractivity contribution in [1.29, 1.82) is 0 Å². The molecule has 0 amide bonds. The predicted octanol–water partition coefficient (Wildman–Crippen LogP) is 3.47. The Hall–Kier alpha value is -1.06. The second kappa shape index (κ2) is 4.25. The zero-order valence-electron chi connectivity index (χ0n) is 9.27. The van der Waals surface area contributed by atoms with E-state index in [4.69, 9.17) is 23.2 Å². The van der Waals surface area contributed by atoms with E-state index in [-0.39, 0.29) is 0 Å². The van der Waals surface area contributed by atoms with E-state index in [9.17, 15) is 10.2 Å². The monoisotopic (exact) mass is 280 g/mol. The van der Waals surface area contributed by atoms with Crippen LogP contribution in [0.15, 0.2) is 36.4 Å². The highest BCUT2D eigenvalue weighted by molar-refractivity contribution is 6.32. The SMILES string of the molecule is OC1c2cccc(Cl)c2C(O)c2c(Cl)cccc21. The fourth-order valence-corrected chi connectivity index (χ4v) is 3.04. The van der Waals surface area contributed by atoms with Crippen LogP contribution in [0, 0.1) is 0 Å². The van der Waals surface area contributed by atoms with Gasteiger partial charge >= 0.3 is 0 Å². The van der Waals surface area contributed by atoms with Crippen molar-refractivity contribution in [2.45, 2.75) is 12.2 Å². The first-order valence-electron chi connectivity index (χ1n) is 5.54. The summed E-state index contributed by atoms with van der Waals surface area (Å²) in [6, 6.07) is 10.4.